The van der Waals surface area contributed by atoms with Gasteiger partial charge in [0.25, 0.3) is 0 Å². The SMILES string of the molecule is CCC(C)C1CN(CCOc2ccc(Br)cc2)C(C)CN1. The van der Waals surface area contributed by atoms with Gasteiger partial charge in [0.05, 0.1) is 0 Å². The first-order valence-electron chi connectivity index (χ1n) is 7.96. The number of ether oxygens (including phenoxy) is 1. The van der Waals surface area contributed by atoms with Gasteiger partial charge in [-0.3, -0.25) is 4.90 Å². The van der Waals surface area contributed by atoms with Gasteiger partial charge in [-0.15, -0.1) is 0 Å². The molecule has 21 heavy (non-hydrogen) atoms. The van der Waals surface area contributed by atoms with E-state index in [9.17, 15) is 0 Å². The summed E-state index contributed by atoms with van der Waals surface area (Å²) in [6, 6.07) is 9.24. The highest BCUT2D eigenvalue weighted by molar-refractivity contribution is 9.10. The van der Waals surface area contributed by atoms with E-state index < -0.39 is 0 Å². The smallest absolute Gasteiger partial charge is 0.119 e. The van der Waals surface area contributed by atoms with Crippen molar-refractivity contribution in [2.24, 2.45) is 5.92 Å². The van der Waals surface area contributed by atoms with Crippen molar-refractivity contribution in [3.05, 3.63) is 28.7 Å². The topological polar surface area (TPSA) is 24.5 Å². The van der Waals surface area contributed by atoms with Crippen molar-refractivity contribution in [3.8, 4) is 5.75 Å². The molecule has 1 N–H and O–H groups in total. The molecule has 3 atom stereocenters. The molecule has 0 radical (unpaired) electrons. The number of halogens is 1. The summed E-state index contributed by atoms with van der Waals surface area (Å²) >= 11 is 3.44. The second kappa shape index (κ2) is 8.16. The van der Waals surface area contributed by atoms with E-state index in [1.165, 1.54) is 6.42 Å². The van der Waals surface area contributed by atoms with Crippen molar-refractivity contribution in [1.82, 2.24) is 10.2 Å². The Hall–Kier alpha value is -0.580. The summed E-state index contributed by atoms with van der Waals surface area (Å²) in [6.07, 6.45) is 1.23. The van der Waals surface area contributed by atoms with E-state index in [1.807, 2.05) is 24.3 Å². The molecule has 1 aromatic carbocycles. The number of nitrogens with zero attached hydrogens (tertiary/aromatic N) is 1. The lowest BCUT2D eigenvalue weighted by Crippen LogP contribution is -2.58. The maximum Gasteiger partial charge on any atom is 0.119 e. The van der Waals surface area contributed by atoms with Crippen LogP contribution in [0.5, 0.6) is 5.75 Å². The Balaban J connectivity index is 1.79. The van der Waals surface area contributed by atoms with Crippen LogP contribution < -0.4 is 10.1 Å². The van der Waals surface area contributed by atoms with Gasteiger partial charge < -0.3 is 10.1 Å². The molecule has 1 aromatic rings. The molecule has 118 valence electrons. The predicted molar refractivity (Wildman–Crippen MR) is 91.9 cm³/mol. The molecule has 0 aliphatic carbocycles. The molecular weight excluding hydrogens is 328 g/mol. The second-order valence-corrected chi connectivity index (χ2v) is 6.96. The minimum atomic E-state index is 0.582. The van der Waals surface area contributed by atoms with Crippen LogP contribution in [0.4, 0.5) is 0 Å². The van der Waals surface area contributed by atoms with Crippen LogP contribution in [0.3, 0.4) is 0 Å². The van der Waals surface area contributed by atoms with Gasteiger partial charge in [0, 0.05) is 36.2 Å². The standard InChI is InChI=1S/C17H27BrN2O/c1-4-13(2)17-12-20(14(3)11-19-17)9-10-21-16-7-5-15(18)6-8-16/h5-8,13-14,17,19H,4,9-12H2,1-3H3. The van der Waals surface area contributed by atoms with Crippen molar-refractivity contribution in [2.75, 3.05) is 26.2 Å². The summed E-state index contributed by atoms with van der Waals surface area (Å²) in [5, 5.41) is 3.68. The number of nitrogens with one attached hydrogen (secondary N) is 1. The summed E-state index contributed by atoms with van der Waals surface area (Å²) in [5.41, 5.74) is 0. The van der Waals surface area contributed by atoms with Crippen molar-refractivity contribution < 1.29 is 4.74 Å². The van der Waals surface area contributed by atoms with Gasteiger partial charge in [0.2, 0.25) is 0 Å². The van der Waals surface area contributed by atoms with Gasteiger partial charge in [-0.2, -0.15) is 0 Å². The van der Waals surface area contributed by atoms with Crippen LogP contribution in [0.15, 0.2) is 28.7 Å². The number of piperazine rings is 1. The third kappa shape index (κ3) is 4.97. The molecule has 1 aliphatic rings. The number of hydrogen-bond acceptors (Lipinski definition) is 3. The molecule has 0 amide bonds. The van der Waals surface area contributed by atoms with Crippen LogP contribution in [0.2, 0.25) is 0 Å². The normalized spacial score (nSPS) is 24.8. The van der Waals surface area contributed by atoms with Gasteiger partial charge in [0.15, 0.2) is 0 Å². The fourth-order valence-electron chi connectivity index (χ4n) is 2.74. The summed E-state index contributed by atoms with van der Waals surface area (Å²) < 4.78 is 6.94. The van der Waals surface area contributed by atoms with E-state index in [2.05, 4.69) is 46.9 Å². The van der Waals surface area contributed by atoms with Gasteiger partial charge >= 0.3 is 0 Å². The first-order valence-corrected chi connectivity index (χ1v) is 8.75. The average molecular weight is 355 g/mol. The van der Waals surface area contributed by atoms with Gasteiger partial charge in [0.1, 0.15) is 12.4 Å². The molecule has 0 aromatic heterocycles. The molecule has 1 aliphatic heterocycles. The zero-order valence-electron chi connectivity index (χ0n) is 13.3. The zero-order valence-corrected chi connectivity index (χ0v) is 14.9. The highest BCUT2D eigenvalue weighted by atomic mass is 79.9. The molecule has 1 heterocycles. The van der Waals surface area contributed by atoms with Crippen LogP contribution in [-0.4, -0.2) is 43.2 Å². The molecular formula is C17H27BrN2O. The number of hydrogen-bond donors (Lipinski definition) is 1. The van der Waals surface area contributed by atoms with Crippen LogP contribution in [0, 0.1) is 5.92 Å². The molecule has 1 fully saturated rings. The van der Waals surface area contributed by atoms with Gasteiger partial charge in [-0.25, -0.2) is 0 Å². The van der Waals surface area contributed by atoms with E-state index in [1.54, 1.807) is 0 Å². The lowest BCUT2D eigenvalue weighted by Gasteiger charge is -2.40. The van der Waals surface area contributed by atoms with E-state index >= 15 is 0 Å². The van der Waals surface area contributed by atoms with E-state index in [4.69, 9.17) is 4.74 Å². The Kier molecular flexibility index (Phi) is 6.52. The fraction of sp³-hybridized carbons (Fsp3) is 0.647. The largest absolute Gasteiger partial charge is 0.492 e. The fourth-order valence-corrected chi connectivity index (χ4v) is 3.00. The quantitative estimate of drug-likeness (QED) is 0.845. The van der Waals surface area contributed by atoms with Crippen LogP contribution in [-0.2, 0) is 0 Å². The molecule has 3 unspecified atom stereocenters. The molecule has 0 spiro atoms. The Labute approximate surface area is 137 Å². The van der Waals surface area contributed by atoms with Crippen molar-refractivity contribution in [3.63, 3.8) is 0 Å². The van der Waals surface area contributed by atoms with E-state index in [-0.39, 0.29) is 0 Å². The Bertz CT molecular complexity index is 423. The minimum absolute atomic E-state index is 0.582. The maximum atomic E-state index is 5.85. The summed E-state index contributed by atoms with van der Waals surface area (Å²) in [6.45, 7) is 10.8. The van der Waals surface area contributed by atoms with Crippen molar-refractivity contribution in [1.29, 1.82) is 0 Å². The van der Waals surface area contributed by atoms with Crippen LogP contribution >= 0.6 is 15.9 Å². The third-order valence-corrected chi connectivity index (χ3v) is 5.05. The lowest BCUT2D eigenvalue weighted by molar-refractivity contribution is 0.101. The van der Waals surface area contributed by atoms with E-state index in [0.29, 0.717) is 12.1 Å². The highest BCUT2D eigenvalue weighted by Crippen LogP contribution is 2.17. The van der Waals surface area contributed by atoms with Crippen LogP contribution in [0.1, 0.15) is 27.2 Å². The molecule has 0 bridgehead atoms. The molecule has 3 nitrogen and oxygen atoms in total. The first kappa shape index (κ1) is 16.8. The Morgan fingerprint density at radius 1 is 1.38 bits per heavy atom. The van der Waals surface area contributed by atoms with Crippen molar-refractivity contribution >= 4 is 15.9 Å². The monoisotopic (exact) mass is 354 g/mol. The summed E-state index contributed by atoms with van der Waals surface area (Å²) in [7, 11) is 0. The maximum absolute atomic E-state index is 5.85. The molecule has 2 rings (SSSR count). The highest BCUT2D eigenvalue weighted by Gasteiger charge is 2.27. The Morgan fingerprint density at radius 3 is 2.76 bits per heavy atom. The number of rotatable bonds is 6. The average Bonchev–Trinajstić information content (AvgIpc) is 2.50. The molecule has 1 saturated heterocycles. The molecule has 0 saturated carbocycles. The summed E-state index contributed by atoms with van der Waals surface area (Å²) in [5.74, 6) is 1.67. The molecule has 4 heteroatoms. The van der Waals surface area contributed by atoms with Gasteiger partial charge in [-0.05, 0) is 37.1 Å². The van der Waals surface area contributed by atoms with Crippen molar-refractivity contribution in [2.45, 2.75) is 39.3 Å². The predicted octanol–water partition coefficient (Wildman–Crippen LogP) is 3.54. The zero-order chi connectivity index (χ0) is 15.2. The minimum Gasteiger partial charge on any atom is -0.492 e. The third-order valence-electron chi connectivity index (χ3n) is 4.52. The summed E-state index contributed by atoms with van der Waals surface area (Å²) in [4.78, 5) is 2.55. The first-order chi connectivity index (χ1) is 10.1. The van der Waals surface area contributed by atoms with E-state index in [0.717, 1.165) is 42.4 Å². The number of benzene rings is 1. The lowest BCUT2D eigenvalue weighted by atomic mass is 9.96. The second-order valence-electron chi connectivity index (χ2n) is 6.05. The van der Waals surface area contributed by atoms with Gasteiger partial charge in [-0.1, -0.05) is 36.2 Å². The Morgan fingerprint density at radius 2 is 2.10 bits per heavy atom. The van der Waals surface area contributed by atoms with Crippen LogP contribution in [0.25, 0.3) is 0 Å².